The van der Waals surface area contributed by atoms with Crippen molar-refractivity contribution in [3.8, 4) is 11.5 Å². The highest BCUT2D eigenvalue weighted by Crippen LogP contribution is 2.36. The first kappa shape index (κ1) is 14.6. The summed E-state index contributed by atoms with van der Waals surface area (Å²) in [6, 6.07) is 2.62. The van der Waals surface area contributed by atoms with Crippen LogP contribution in [0, 0.1) is 0 Å². The Labute approximate surface area is 109 Å². The first-order chi connectivity index (χ1) is 8.29. The highest BCUT2D eigenvalue weighted by atomic mass is 79.9. The lowest BCUT2D eigenvalue weighted by molar-refractivity contribution is -0.167. The van der Waals surface area contributed by atoms with Crippen LogP contribution in [0.2, 0.25) is 0 Å². The van der Waals surface area contributed by atoms with Gasteiger partial charge in [0.15, 0.2) is 0 Å². The summed E-state index contributed by atoms with van der Waals surface area (Å²) in [6.45, 7) is 0. The minimum Gasteiger partial charge on any atom is -0.495 e. The van der Waals surface area contributed by atoms with Crippen molar-refractivity contribution in [1.82, 2.24) is 0 Å². The maximum Gasteiger partial charge on any atom is 0.471 e. The number of nitrogens with one attached hydrogen (secondary N) is 1. The molecular formula is C10H9BrF3NO3. The highest BCUT2D eigenvalue weighted by molar-refractivity contribution is 9.10. The normalized spacial score (nSPS) is 11.0. The third-order valence-corrected chi connectivity index (χ3v) is 2.60. The molecule has 1 amide bonds. The zero-order chi connectivity index (χ0) is 13.9. The van der Waals surface area contributed by atoms with Gasteiger partial charge in [-0.3, -0.25) is 4.79 Å². The van der Waals surface area contributed by atoms with E-state index in [0.717, 1.165) is 0 Å². The lowest BCUT2D eigenvalue weighted by Crippen LogP contribution is -2.30. The largest absolute Gasteiger partial charge is 0.495 e. The summed E-state index contributed by atoms with van der Waals surface area (Å²) in [5.41, 5.74) is -0.125. The van der Waals surface area contributed by atoms with E-state index in [0.29, 0.717) is 4.47 Å². The summed E-state index contributed by atoms with van der Waals surface area (Å²) in [4.78, 5) is 10.8. The number of halogens is 4. The van der Waals surface area contributed by atoms with Crippen molar-refractivity contribution in [2.45, 2.75) is 6.18 Å². The van der Waals surface area contributed by atoms with Crippen molar-refractivity contribution >= 4 is 27.5 Å². The average Bonchev–Trinajstić information content (AvgIpc) is 2.29. The summed E-state index contributed by atoms with van der Waals surface area (Å²) >= 11 is 3.15. The van der Waals surface area contributed by atoms with E-state index in [4.69, 9.17) is 9.47 Å². The SMILES string of the molecule is COc1cc(NC(=O)C(F)(F)F)c(OC)cc1Br. The van der Waals surface area contributed by atoms with Gasteiger partial charge in [0, 0.05) is 12.1 Å². The first-order valence-electron chi connectivity index (χ1n) is 4.59. The predicted octanol–water partition coefficient (Wildman–Crippen LogP) is 2.97. The molecule has 1 N–H and O–H groups in total. The van der Waals surface area contributed by atoms with Crippen molar-refractivity contribution in [2.24, 2.45) is 0 Å². The van der Waals surface area contributed by atoms with Crippen LogP contribution in [0.4, 0.5) is 18.9 Å². The van der Waals surface area contributed by atoms with Crippen LogP contribution in [0.3, 0.4) is 0 Å². The number of carbonyl (C=O) groups excluding carboxylic acids is 1. The zero-order valence-corrected chi connectivity index (χ0v) is 11.0. The third kappa shape index (κ3) is 3.28. The molecule has 0 atom stereocenters. The number of benzene rings is 1. The lowest BCUT2D eigenvalue weighted by Gasteiger charge is -2.14. The molecule has 1 aromatic rings. The number of amides is 1. The fourth-order valence-electron chi connectivity index (χ4n) is 1.15. The lowest BCUT2D eigenvalue weighted by atomic mass is 10.2. The Morgan fingerprint density at radius 3 is 2.22 bits per heavy atom. The molecule has 0 aliphatic carbocycles. The molecule has 0 unspecified atom stereocenters. The Balaban J connectivity index is 3.11. The molecule has 1 aromatic carbocycles. The minimum absolute atomic E-state index is 0.0836. The minimum atomic E-state index is -4.97. The van der Waals surface area contributed by atoms with Crippen LogP contribution < -0.4 is 14.8 Å². The molecule has 0 aromatic heterocycles. The van der Waals surface area contributed by atoms with E-state index < -0.39 is 12.1 Å². The summed E-state index contributed by atoms with van der Waals surface area (Å²) in [5.74, 6) is -1.72. The molecule has 8 heteroatoms. The zero-order valence-electron chi connectivity index (χ0n) is 9.39. The average molecular weight is 328 g/mol. The molecule has 0 bridgehead atoms. The van der Waals surface area contributed by atoms with Gasteiger partial charge in [0.05, 0.1) is 24.4 Å². The summed E-state index contributed by atoms with van der Waals surface area (Å²) in [7, 11) is 2.62. The van der Waals surface area contributed by atoms with Crippen LogP contribution in [-0.2, 0) is 4.79 Å². The molecule has 0 heterocycles. The first-order valence-corrected chi connectivity index (χ1v) is 5.38. The van der Waals surface area contributed by atoms with E-state index in [1.54, 1.807) is 5.32 Å². The van der Waals surface area contributed by atoms with Gasteiger partial charge in [0.1, 0.15) is 11.5 Å². The molecule has 100 valence electrons. The standard InChI is InChI=1S/C10H9BrF3NO3/c1-17-7-4-6(8(18-2)3-5(7)11)15-9(16)10(12,13)14/h3-4H,1-2H3,(H,15,16). The van der Waals surface area contributed by atoms with Gasteiger partial charge >= 0.3 is 12.1 Å². The van der Waals surface area contributed by atoms with Crippen LogP contribution in [0.1, 0.15) is 0 Å². The molecule has 1 rings (SSSR count). The number of alkyl halides is 3. The predicted molar refractivity (Wildman–Crippen MR) is 61.9 cm³/mol. The van der Waals surface area contributed by atoms with Crippen LogP contribution in [-0.4, -0.2) is 26.3 Å². The Kier molecular flexibility index (Phi) is 4.44. The molecule has 0 aliphatic rings. The van der Waals surface area contributed by atoms with Gasteiger partial charge in [-0.2, -0.15) is 13.2 Å². The summed E-state index contributed by atoms with van der Waals surface area (Å²) in [6.07, 6.45) is -4.97. The van der Waals surface area contributed by atoms with E-state index >= 15 is 0 Å². The van der Waals surface area contributed by atoms with Crippen molar-refractivity contribution < 1.29 is 27.4 Å². The van der Waals surface area contributed by atoms with Crippen LogP contribution >= 0.6 is 15.9 Å². The van der Waals surface area contributed by atoms with Crippen molar-refractivity contribution in [1.29, 1.82) is 0 Å². The molecular weight excluding hydrogens is 319 g/mol. The Morgan fingerprint density at radius 2 is 1.78 bits per heavy atom. The number of ether oxygens (including phenoxy) is 2. The Bertz CT molecular complexity index is 462. The number of anilines is 1. The summed E-state index contributed by atoms with van der Waals surface area (Å²) in [5, 5.41) is 1.71. The number of carbonyl (C=O) groups is 1. The van der Waals surface area contributed by atoms with Gasteiger partial charge in [-0.15, -0.1) is 0 Å². The number of rotatable bonds is 3. The molecule has 0 aliphatic heterocycles. The fraction of sp³-hybridized carbons (Fsp3) is 0.300. The van der Waals surface area contributed by atoms with Crippen LogP contribution in [0.15, 0.2) is 16.6 Å². The Morgan fingerprint density at radius 1 is 1.22 bits per heavy atom. The molecule has 0 saturated heterocycles. The van der Waals surface area contributed by atoms with Gasteiger partial charge < -0.3 is 14.8 Å². The number of methoxy groups -OCH3 is 2. The van der Waals surface area contributed by atoms with E-state index in [-0.39, 0.29) is 17.2 Å². The number of hydrogen-bond donors (Lipinski definition) is 1. The van der Waals surface area contributed by atoms with Crippen LogP contribution in [0.25, 0.3) is 0 Å². The Hall–Kier alpha value is -1.44. The quantitative estimate of drug-likeness (QED) is 0.928. The van der Waals surface area contributed by atoms with Crippen molar-refractivity contribution in [3.05, 3.63) is 16.6 Å². The summed E-state index contributed by atoms with van der Waals surface area (Å²) < 4.78 is 46.7. The van der Waals surface area contributed by atoms with Gasteiger partial charge in [0.2, 0.25) is 0 Å². The van der Waals surface area contributed by atoms with E-state index in [2.05, 4.69) is 15.9 Å². The smallest absolute Gasteiger partial charge is 0.471 e. The molecule has 4 nitrogen and oxygen atoms in total. The van der Waals surface area contributed by atoms with Gasteiger partial charge in [-0.05, 0) is 15.9 Å². The van der Waals surface area contributed by atoms with E-state index in [9.17, 15) is 18.0 Å². The fourth-order valence-corrected chi connectivity index (χ4v) is 1.64. The van der Waals surface area contributed by atoms with E-state index in [1.807, 2.05) is 0 Å². The second kappa shape index (κ2) is 5.47. The second-order valence-corrected chi connectivity index (χ2v) is 3.99. The monoisotopic (exact) mass is 327 g/mol. The van der Waals surface area contributed by atoms with Gasteiger partial charge in [0.25, 0.3) is 0 Å². The molecule has 0 saturated carbocycles. The molecule has 0 fully saturated rings. The van der Waals surface area contributed by atoms with Crippen molar-refractivity contribution in [2.75, 3.05) is 19.5 Å². The van der Waals surface area contributed by atoms with Gasteiger partial charge in [-0.1, -0.05) is 0 Å². The molecule has 18 heavy (non-hydrogen) atoms. The maximum atomic E-state index is 12.1. The number of hydrogen-bond acceptors (Lipinski definition) is 3. The van der Waals surface area contributed by atoms with E-state index in [1.165, 1.54) is 26.4 Å². The van der Waals surface area contributed by atoms with Gasteiger partial charge in [-0.25, -0.2) is 0 Å². The van der Waals surface area contributed by atoms with Crippen LogP contribution in [0.5, 0.6) is 11.5 Å². The second-order valence-electron chi connectivity index (χ2n) is 3.14. The molecule has 0 radical (unpaired) electrons. The van der Waals surface area contributed by atoms with Crippen molar-refractivity contribution in [3.63, 3.8) is 0 Å². The topological polar surface area (TPSA) is 47.6 Å². The molecule has 0 spiro atoms. The maximum absolute atomic E-state index is 12.1. The highest BCUT2D eigenvalue weighted by Gasteiger charge is 2.39. The third-order valence-electron chi connectivity index (χ3n) is 1.98.